The Bertz CT molecular complexity index is 819. The maximum absolute atomic E-state index is 12.4. The molecular weight excluding hydrogens is 448 g/mol. The van der Waals surface area contributed by atoms with Crippen molar-refractivity contribution in [3.8, 4) is 0 Å². The fourth-order valence-electron chi connectivity index (χ4n) is 9.94. The SMILES string of the molecule is CO[C@]12CC[C@@H](N[C@@H](CC3CCC(O)CC3)C(=O)O)[C@@H]3OC4C(O)CCC5CC1N(C)CC[C@]32C54. The van der Waals surface area contributed by atoms with E-state index in [9.17, 15) is 20.1 Å². The van der Waals surface area contributed by atoms with Crippen molar-refractivity contribution in [2.75, 3.05) is 20.7 Å². The third-order valence-corrected chi connectivity index (χ3v) is 11.4. The molecule has 4 aliphatic carbocycles. The zero-order valence-corrected chi connectivity index (χ0v) is 21.3. The molecule has 2 bridgehead atoms. The summed E-state index contributed by atoms with van der Waals surface area (Å²) in [6, 6.07) is -0.342. The van der Waals surface area contributed by atoms with Crippen molar-refractivity contribution in [1.29, 1.82) is 0 Å². The van der Waals surface area contributed by atoms with Crippen LogP contribution in [0.2, 0.25) is 0 Å². The summed E-state index contributed by atoms with van der Waals surface area (Å²) in [5.74, 6) is 0.323. The standard InChI is InChI=1S/C27H44N2O6/c1-29-12-11-26-22-16-5-8-20(31)23(22)35-24(26)18(9-10-27(26,34-2)21(29)14-16)28-19(25(32)33)13-15-3-6-17(30)7-4-15/h15-24,28,30-31H,3-14H2,1-2H3,(H,32,33)/t15?,16?,17?,18-,19+,20?,21?,22?,23?,24+,26+,27-/m1/s1. The minimum Gasteiger partial charge on any atom is -0.480 e. The van der Waals surface area contributed by atoms with E-state index in [-0.39, 0.29) is 41.3 Å². The van der Waals surface area contributed by atoms with Gasteiger partial charge in [0.2, 0.25) is 0 Å². The van der Waals surface area contributed by atoms with Crippen molar-refractivity contribution < 1.29 is 29.6 Å². The van der Waals surface area contributed by atoms with E-state index in [1.54, 1.807) is 0 Å². The molecule has 2 heterocycles. The van der Waals surface area contributed by atoms with Gasteiger partial charge >= 0.3 is 5.97 Å². The van der Waals surface area contributed by atoms with Crippen LogP contribution in [0.25, 0.3) is 0 Å². The average molecular weight is 493 g/mol. The van der Waals surface area contributed by atoms with Crippen LogP contribution >= 0.6 is 0 Å². The van der Waals surface area contributed by atoms with Crippen LogP contribution in [0.5, 0.6) is 0 Å². The van der Waals surface area contributed by atoms with Crippen LogP contribution in [-0.4, -0.2) is 95.0 Å². The third-order valence-electron chi connectivity index (χ3n) is 11.4. The van der Waals surface area contributed by atoms with Gasteiger partial charge in [-0.15, -0.1) is 0 Å². The Labute approximate surface area is 208 Å². The number of nitrogens with one attached hydrogen (secondary N) is 1. The fourth-order valence-corrected chi connectivity index (χ4v) is 9.94. The van der Waals surface area contributed by atoms with Crippen molar-refractivity contribution in [1.82, 2.24) is 10.2 Å². The Morgan fingerprint density at radius 3 is 2.63 bits per heavy atom. The van der Waals surface area contributed by atoms with E-state index in [2.05, 4.69) is 17.3 Å². The Balaban J connectivity index is 1.31. The van der Waals surface area contributed by atoms with Crippen LogP contribution in [-0.2, 0) is 14.3 Å². The van der Waals surface area contributed by atoms with E-state index in [0.717, 1.165) is 70.8 Å². The zero-order chi connectivity index (χ0) is 24.5. The van der Waals surface area contributed by atoms with Gasteiger partial charge < -0.3 is 29.7 Å². The molecule has 2 aliphatic heterocycles. The van der Waals surface area contributed by atoms with Gasteiger partial charge in [0, 0.05) is 30.5 Å². The molecule has 8 nitrogen and oxygen atoms in total. The quantitative estimate of drug-likeness (QED) is 0.444. The number of hydrogen-bond donors (Lipinski definition) is 4. The minimum atomic E-state index is -0.796. The largest absolute Gasteiger partial charge is 0.480 e. The number of piperidine rings is 1. The van der Waals surface area contributed by atoms with E-state index < -0.39 is 18.1 Å². The maximum Gasteiger partial charge on any atom is 0.320 e. The molecule has 0 aromatic heterocycles. The Morgan fingerprint density at radius 1 is 1.14 bits per heavy atom. The first-order valence-corrected chi connectivity index (χ1v) is 14.1. The van der Waals surface area contributed by atoms with Crippen molar-refractivity contribution >= 4 is 5.97 Å². The van der Waals surface area contributed by atoms with Gasteiger partial charge in [-0.3, -0.25) is 10.1 Å². The molecular formula is C27H44N2O6. The lowest BCUT2D eigenvalue weighted by atomic mass is 9.42. The number of likely N-dealkylation sites (N-methyl/N-ethyl adjacent to an activating group) is 1. The highest BCUT2D eigenvalue weighted by Crippen LogP contribution is 2.70. The summed E-state index contributed by atoms with van der Waals surface area (Å²) in [5.41, 5.74) is -0.504. The van der Waals surface area contributed by atoms with E-state index in [1.807, 2.05) is 7.11 Å². The molecule has 0 amide bonds. The van der Waals surface area contributed by atoms with Gasteiger partial charge in [0.1, 0.15) is 6.04 Å². The van der Waals surface area contributed by atoms with E-state index >= 15 is 0 Å². The number of aliphatic hydroxyl groups is 2. The first-order valence-electron chi connectivity index (χ1n) is 14.1. The summed E-state index contributed by atoms with van der Waals surface area (Å²) in [4.78, 5) is 14.9. The molecule has 8 heteroatoms. The summed E-state index contributed by atoms with van der Waals surface area (Å²) < 4.78 is 13.4. The number of rotatable bonds is 6. The maximum atomic E-state index is 12.4. The molecule has 6 fully saturated rings. The van der Waals surface area contributed by atoms with Gasteiger partial charge in [-0.2, -0.15) is 0 Å². The van der Waals surface area contributed by atoms with Gasteiger partial charge in [-0.25, -0.2) is 0 Å². The number of carboxylic acids is 1. The second kappa shape index (κ2) is 8.91. The predicted octanol–water partition coefficient (Wildman–Crippen LogP) is 1.77. The molecule has 2 saturated heterocycles. The van der Waals surface area contributed by atoms with E-state index in [1.165, 1.54) is 0 Å². The summed E-state index contributed by atoms with van der Waals surface area (Å²) >= 11 is 0. The Morgan fingerprint density at radius 2 is 1.91 bits per heavy atom. The van der Waals surface area contributed by atoms with Crippen LogP contribution in [0.4, 0.5) is 0 Å². The third kappa shape index (κ3) is 3.50. The lowest BCUT2D eigenvalue weighted by Gasteiger charge is -2.69. The average Bonchev–Trinajstić information content (AvgIpc) is 3.20. The number of carbonyl (C=O) groups is 1. The number of aliphatic carboxylic acids is 1. The molecule has 35 heavy (non-hydrogen) atoms. The van der Waals surface area contributed by atoms with E-state index in [4.69, 9.17) is 9.47 Å². The molecule has 0 aromatic rings. The normalized spacial score (nSPS) is 52.1. The first kappa shape index (κ1) is 24.6. The Kier molecular flexibility index (Phi) is 6.25. The molecule has 10 atom stereocenters. The summed E-state index contributed by atoms with van der Waals surface area (Å²) in [6.07, 6.45) is 8.50. The lowest BCUT2D eigenvalue weighted by Crippen LogP contribution is -2.78. The minimum absolute atomic E-state index is 0.0610. The number of ether oxygens (including phenoxy) is 2. The molecule has 0 aromatic carbocycles. The van der Waals surface area contributed by atoms with Gasteiger partial charge in [-0.05, 0) is 96.1 Å². The van der Waals surface area contributed by atoms with E-state index in [0.29, 0.717) is 24.3 Å². The van der Waals surface area contributed by atoms with Crippen LogP contribution < -0.4 is 5.32 Å². The van der Waals surface area contributed by atoms with Crippen LogP contribution in [0.3, 0.4) is 0 Å². The predicted molar refractivity (Wildman–Crippen MR) is 129 cm³/mol. The zero-order valence-electron chi connectivity index (χ0n) is 21.3. The number of hydrogen-bond acceptors (Lipinski definition) is 7. The van der Waals surface area contributed by atoms with Gasteiger partial charge in [0.05, 0.1) is 30.0 Å². The smallest absolute Gasteiger partial charge is 0.320 e. The molecule has 6 rings (SSSR count). The van der Waals surface area contributed by atoms with Gasteiger partial charge in [-0.1, -0.05) is 0 Å². The highest BCUT2D eigenvalue weighted by molar-refractivity contribution is 5.73. The number of aliphatic hydroxyl groups excluding tert-OH is 2. The topological polar surface area (TPSA) is 111 Å². The van der Waals surface area contributed by atoms with Crippen molar-refractivity contribution in [2.24, 2.45) is 23.2 Å². The highest BCUT2D eigenvalue weighted by atomic mass is 16.5. The number of carboxylic acid groups (broad SMARTS) is 1. The fraction of sp³-hybridized carbons (Fsp3) is 0.963. The summed E-state index contributed by atoms with van der Waals surface area (Å²) in [6.45, 7) is 0.987. The molecule has 4 saturated carbocycles. The monoisotopic (exact) mass is 492 g/mol. The molecule has 6 aliphatic rings. The molecule has 4 N–H and O–H groups in total. The van der Waals surface area contributed by atoms with Crippen molar-refractivity contribution in [3.05, 3.63) is 0 Å². The van der Waals surface area contributed by atoms with Crippen molar-refractivity contribution in [3.63, 3.8) is 0 Å². The number of nitrogens with zero attached hydrogens (tertiary/aromatic N) is 1. The lowest BCUT2D eigenvalue weighted by molar-refractivity contribution is -0.269. The van der Waals surface area contributed by atoms with Crippen molar-refractivity contribution in [2.45, 2.75) is 119 Å². The first-order chi connectivity index (χ1) is 16.8. The number of methoxy groups -OCH3 is 1. The van der Waals surface area contributed by atoms with Gasteiger partial charge in [0.15, 0.2) is 0 Å². The second-order valence-corrected chi connectivity index (χ2v) is 12.7. The van der Waals surface area contributed by atoms with Gasteiger partial charge in [0.25, 0.3) is 0 Å². The van der Waals surface area contributed by atoms with Crippen LogP contribution in [0, 0.1) is 23.2 Å². The summed E-state index contributed by atoms with van der Waals surface area (Å²) in [7, 11) is 4.09. The summed E-state index contributed by atoms with van der Waals surface area (Å²) in [5, 5.41) is 34.7. The van der Waals surface area contributed by atoms with Crippen LogP contribution in [0.15, 0.2) is 0 Å². The second-order valence-electron chi connectivity index (χ2n) is 12.7. The molecule has 198 valence electrons. The molecule has 1 spiro atoms. The molecule has 5 unspecified atom stereocenters. The highest BCUT2D eigenvalue weighted by Gasteiger charge is 2.78. The Hall–Kier alpha value is -0.770. The molecule has 0 radical (unpaired) electrons. The van der Waals surface area contributed by atoms with Crippen LogP contribution in [0.1, 0.15) is 70.6 Å². The number of likely N-dealkylation sites (tertiary alicyclic amines) is 1.